The van der Waals surface area contributed by atoms with Crippen LogP contribution in [0.4, 0.5) is 0 Å². The first-order chi connectivity index (χ1) is 18.7. The molecule has 0 N–H and O–H groups in total. The van der Waals surface area contributed by atoms with Crippen LogP contribution in [0.3, 0.4) is 0 Å². The summed E-state index contributed by atoms with van der Waals surface area (Å²) in [6.07, 6.45) is 0. The van der Waals surface area contributed by atoms with Gasteiger partial charge in [0.1, 0.15) is 11.2 Å². The van der Waals surface area contributed by atoms with E-state index in [1.54, 1.807) is 0 Å². The van der Waals surface area contributed by atoms with Crippen LogP contribution in [0.2, 0.25) is 5.02 Å². The van der Waals surface area contributed by atoms with E-state index in [0.717, 1.165) is 61.1 Å². The fourth-order valence-electron chi connectivity index (χ4n) is 4.87. The highest BCUT2D eigenvalue weighted by Crippen LogP contribution is 2.36. The molecule has 0 amide bonds. The molecule has 0 aliphatic heterocycles. The second-order valence-electron chi connectivity index (χ2n) is 9.20. The van der Waals surface area contributed by atoms with Crippen molar-refractivity contribution in [3.05, 3.63) is 132 Å². The first-order valence-electron chi connectivity index (χ1n) is 12.4. The molecule has 0 aliphatic carbocycles. The first-order valence-corrected chi connectivity index (χ1v) is 12.8. The van der Waals surface area contributed by atoms with Crippen LogP contribution < -0.4 is 0 Å². The van der Waals surface area contributed by atoms with Gasteiger partial charge in [0.15, 0.2) is 5.82 Å². The molecule has 7 aromatic rings. The molecule has 4 heteroatoms. The van der Waals surface area contributed by atoms with Crippen molar-refractivity contribution in [2.45, 2.75) is 0 Å². The number of para-hydroxylation sites is 1. The zero-order valence-corrected chi connectivity index (χ0v) is 21.1. The van der Waals surface area contributed by atoms with E-state index in [0.29, 0.717) is 10.8 Å². The molecular weight excluding hydrogens is 488 g/mol. The monoisotopic (exact) mass is 508 g/mol. The van der Waals surface area contributed by atoms with E-state index in [4.69, 9.17) is 26.0 Å². The molecule has 0 aliphatic rings. The third-order valence-electron chi connectivity index (χ3n) is 6.78. The van der Waals surface area contributed by atoms with Gasteiger partial charge in [0.05, 0.1) is 11.4 Å². The summed E-state index contributed by atoms with van der Waals surface area (Å²) in [7, 11) is 0. The Morgan fingerprint density at radius 2 is 1.08 bits per heavy atom. The van der Waals surface area contributed by atoms with Crippen molar-refractivity contribution >= 4 is 33.5 Å². The zero-order chi connectivity index (χ0) is 25.5. The number of hydrogen-bond donors (Lipinski definition) is 0. The van der Waals surface area contributed by atoms with Gasteiger partial charge in [-0.2, -0.15) is 0 Å². The zero-order valence-electron chi connectivity index (χ0n) is 20.3. The lowest BCUT2D eigenvalue weighted by atomic mass is 10.0. The van der Waals surface area contributed by atoms with E-state index in [1.807, 2.05) is 78.9 Å². The third kappa shape index (κ3) is 4.03. The Hall–Kier alpha value is -4.73. The molecule has 0 spiro atoms. The molecule has 0 saturated carbocycles. The van der Waals surface area contributed by atoms with Crippen LogP contribution in [0.25, 0.3) is 67.0 Å². The summed E-state index contributed by atoms with van der Waals surface area (Å²) >= 11 is 6.87. The van der Waals surface area contributed by atoms with Crippen molar-refractivity contribution in [2.24, 2.45) is 0 Å². The number of fused-ring (bicyclic) bond motifs is 3. The number of nitrogens with zero attached hydrogens (tertiary/aromatic N) is 2. The summed E-state index contributed by atoms with van der Waals surface area (Å²) in [5.74, 6) is 0.631. The van der Waals surface area contributed by atoms with Gasteiger partial charge < -0.3 is 4.42 Å². The molecule has 5 aromatic carbocycles. The molecule has 38 heavy (non-hydrogen) atoms. The van der Waals surface area contributed by atoms with Gasteiger partial charge in [0.25, 0.3) is 0 Å². The molecule has 7 rings (SSSR count). The van der Waals surface area contributed by atoms with Crippen LogP contribution in [0.1, 0.15) is 0 Å². The summed E-state index contributed by atoms with van der Waals surface area (Å²) in [5, 5.41) is 2.84. The van der Waals surface area contributed by atoms with Crippen LogP contribution in [0.15, 0.2) is 132 Å². The Kier molecular flexibility index (Phi) is 5.49. The predicted octanol–water partition coefficient (Wildman–Crippen LogP) is 9.70. The molecular formula is C34H21ClN2O. The summed E-state index contributed by atoms with van der Waals surface area (Å²) in [4.78, 5) is 9.85. The van der Waals surface area contributed by atoms with Crippen LogP contribution in [0.5, 0.6) is 0 Å². The van der Waals surface area contributed by atoms with Gasteiger partial charge in [-0.25, -0.2) is 9.97 Å². The number of furan rings is 1. The highest BCUT2D eigenvalue weighted by Gasteiger charge is 2.14. The fourth-order valence-corrected chi connectivity index (χ4v) is 5.16. The maximum Gasteiger partial charge on any atom is 0.160 e. The smallest absolute Gasteiger partial charge is 0.160 e. The predicted molar refractivity (Wildman–Crippen MR) is 156 cm³/mol. The van der Waals surface area contributed by atoms with Gasteiger partial charge in [-0.1, -0.05) is 109 Å². The molecule has 0 saturated heterocycles. The number of hydrogen-bond acceptors (Lipinski definition) is 3. The first kappa shape index (κ1) is 22.5. The lowest BCUT2D eigenvalue weighted by Crippen LogP contribution is -1.96. The average Bonchev–Trinajstić information content (AvgIpc) is 3.36. The van der Waals surface area contributed by atoms with E-state index in [2.05, 4.69) is 48.5 Å². The standard InChI is InChI=1S/C34H21ClN2O/c35-29-19-25(16-17-26(29)24-15-18-28-27-13-7-8-14-32(27)38-33(28)20-24)34-36-30(22-9-3-1-4-10-22)21-31(37-34)23-11-5-2-6-12-23/h1-21H. The highest BCUT2D eigenvalue weighted by atomic mass is 35.5. The maximum absolute atomic E-state index is 6.87. The summed E-state index contributed by atoms with van der Waals surface area (Å²) in [6.45, 7) is 0. The molecule has 0 bridgehead atoms. The van der Waals surface area contributed by atoms with Crippen molar-refractivity contribution in [3.63, 3.8) is 0 Å². The van der Waals surface area contributed by atoms with Crippen molar-refractivity contribution in [1.82, 2.24) is 9.97 Å². The number of rotatable bonds is 4. The van der Waals surface area contributed by atoms with Crippen LogP contribution >= 0.6 is 11.6 Å². The van der Waals surface area contributed by atoms with Gasteiger partial charge >= 0.3 is 0 Å². The Labute approximate surface area is 225 Å². The highest BCUT2D eigenvalue weighted by molar-refractivity contribution is 6.33. The molecule has 3 nitrogen and oxygen atoms in total. The Bertz CT molecular complexity index is 1870. The van der Waals surface area contributed by atoms with Crippen molar-refractivity contribution < 1.29 is 4.42 Å². The van der Waals surface area contributed by atoms with E-state index in [9.17, 15) is 0 Å². The summed E-state index contributed by atoms with van der Waals surface area (Å²) < 4.78 is 6.09. The fraction of sp³-hybridized carbons (Fsp3) is 0. The summed E-state index contributed by atoms with van der Waals surface area (Å²) in [5.41, 5.74) is 8.32. The van der Waals surface area contributed by atoms with E-state index in [1.165, 1.54) is 0 Å². The van der Waals surface area contributed by atoms with Gasteiger partial charge in [-0.3, -0.25) is 0 Å². The van der Waals surface area contributed by atoms with Crippen LogP contribution in [-0.4, -0.2) is 9.97 Å². The molecule has 0 radical (unpaired) electrons. The SMILES string of the molecule is Clc1cc(-c2nc(-c3ccccc3)cc(-c3ccccc3)n2)ccc1-c1ccc2c(c1)oc1ccccc12. The average molecular weight is 509 g/mol. The maximum atomic E-state index is 6.87. The molecule has 0 atom stereocenters. The number of halogens is 1. The third-order valence-corrected chi connectivity index (χ3v) is 7.10. The second-order valence-corrected chi connectivity index (χ2v) is 9.61. The van der Waals surface area contributed by atoms with Crippen molar-refractivity contribution in [1.29, 1.82) is 0 Å². The minimum Gasteiger partial charge on any atom is -0.456 e. The van der Waals surface area contributed by atoms with E-state index < -0.39 is 0 Å². The van der Waals surface area contributed by atoms with E-state index >= 15 is 0 Å². The lowest BCUT2D eigenvalue weighted by molar-refractivity contribution is 0.669. The molecule has 2 aromatic heterocycles. The Balaban J connectivity index is 1.32. The van der Waals surface area contributed by atoms with Crippen LogP contribution in [0, 0.1) is 0 Å². The van der Waals surface area contributed by atoms with E-state index in [-0.39, 0.29) is 0 Å². The van der Waals surface area contributed by atoms with Gasteiger partial charge in [0.2, 0.25) is 0 Å². The lowest BCUT2D eigenvalue weighted by Gasteiger charge is -2.11. The minimum absolute atomic E-state index is 0.631. The van der Waals surface area contributed by atoms with Gasteiger partial charge in [-0.05, 0) is 35.9 Å². The Morgan fingerprint density at radius 3 is 1.76 bits per heavy atom. The second kappa shape index (κ2) is 9.29. The molecule has 0 fully saturated rings. The molecule has 180 valence electrons. The van der Waals surface area contributed by atoms with Crippen molar-refractivity contribution in [2.75, 3.05) is 0 Å². The van der Waals surface area contributed by atoms with Gasteiger partial charge in [0, 0.05) is 38.0 Å². The minimum atomic E-state index is 0.631. The van der Waals surface area contributed by atoms with Gasteiger partial charge in [-0.15, -0.1) is 0 Å². The Morgan fingerprint density at radius 1 is 0.474 bits per heavy atom. The normalized spacial score (nSPS) is 11.3. The number of benzene rings is 5. The summed E-state index contributed by atoms with van der Waals surface area (Å²) in [6, 6.07) is 42.7. The quantitative estimate of drug-likeness (QED) is 0.237. The largest absolute Gasteiger partial charge is 0.456 e. The van der Waals surface area contributed by atoms with Crippen LogP contribution in [-0.2, 0) is 0 Å². The topological polar surface area (TPSA) is 38.9 Å². The molecule has 2 heterocycles. The van der Waals surface area contributed by atoms with Crippen molar-refractivity contribution in [3.8, 4) is 45.0 Å². The molecule has 0 unspecified atom stereocenters. The number of aromatic nitrogens is 2.